The number of H-pyrrole nitrogens is 1. The highest BCUT2D eigenvalue weighted by Crippen LogP contribution is 2.24. The smallest absolute Gasteiger partial charge is 0.439 e. The Morgan fingerprint density at radius 3 is 2.87 bits per heavy atom. The van der Waals surface area contributed by atoms with Crippen LogP contribution in [0.1, 0.15) is 17.0 Å². The number of oxazole rings is 1. The van der Waals surface area contributed by atoms with Crippen molar-refractivity contribution in [3.63, 3.8) is 0 Å². The average Bonchev–Trinajstić information content (AvgIpc) is 3.15. The average molecular weight is 317 g/mol. The first-order valence-electron chi connectivity index (χ1n) is 6.87. The predicted octanol–water partition coefficient (Wildman–Crippen LogP) is 2.05. The van der Waals surface area contributed by atoms with Crippen LogP contribution in [-0.4, -0.2) is 22.2 Å². The van der Waals surface area contributed by atoms with Crippen LogP contribution in [0, 0.1) is 6.92 Å². The molecule has 0 aliphatic carbocycles. The molecule has 0 atom stereocenters. The van der Waals surface area contributed by atoms with Gasteiger partial charge in [0.05, 0.1) is 0 Å². The lowest BCUT2D eigenvalue weighted by atomic mass is 10.1. The summed E-state index contributed by atoms with van der Waals surface area (Å²) in [5.41, 5.74) is 2.35. The molecule has 0 saturated carbocycles. The lowest BCUT2D eigenvalue weighted by Gasteiger charge is -2.08. The number of hydrogen-bond acceptors (Lipinski definition) is 7. The van der Waals surface area contributed by atoms with E-state index in [9.17, 15) is 4.79 Å². The quantitative estimate of drug-likeness (QED) is 0.742. The number of ether oxygens (including phenoxy) is 2. The summed E-state index contributed by atoms with van der Waals surface area (Å²) in [5, 5.41) is 3.68. The van der Waals surface area contributed by atoms with Crippen molar-refractivity contribution >= 4 is 0 Å². The molecule has 8 heteroatoms. The SMILES string of the molecule is COCc1ocnc1COc1ccc(-c2noc(=O)[nH]2)c(C)c1. The third kappa shape index (κ3) is 3.32. The van der Waals surface area contributed by atoms with Crippen LogP contribution in [0.4, 0.5) is 0 Å². The van der Waals surface area contributed by atoms with Gasteiger partial charge < -0.3 is 13.9 Å². The van der Waals surface area contributed by atoms with E-state index in [-0.39, 0.29) is 6.61 Å². The molecule has 23 heavy (non-hydrogen) atoms. The van der Waals surface area contributed by atoms with Crippen molar-refractivity contribution in [2.45, 2.75) is 20.1 Å². The lowest BCUT2D eigenvalue weighted by Crippen LogP contribution is -2.01. The van der Waals surface area contributed by atoms with Crippen LogP contribution < -0.4 is 10.5 Å². The van der Waals surface area contributed by atoms with Gasteiger partial charge in [0.1, 0.15) is 24.7 Å². The number of rotatable bonds is 6. The lowest BCUT2D eigenvalue weighted by molar-refractivity contribution is 0.161. The minimum Gasteiger partial charge on any atom is -0.487 e. The Hall–Kier alpha value is -2.87. The second kappa shape index (κ2) is 6.49. The monoisotopic (exact) mass is 317 g/mol. The Kier molecular flexibility index (Phi) is 4.24. The van der Waals surface area contributed by atoms with Crippen LogP contribution in [-0.2, 0) is 18.0 Å². The number of benzene rings is 1. The van der Waals surface area contributed by atoms with E-state index in [1.54, 1.807) is 19.2 Å². The summed E-state index contributed by atoms with van der Waals surface area (Å²) in [6.45, 7) is 2.51. The maximum atomic E-state index is 11.0. The summed E-state index contributed by atoms with van der Waals surface area (Å²) in [6, 6.07) is 5.43. The first kappa shape index (κ1) is 15.0. The molecule has 8 nitrogen and oxygen atoms in total. The highest BCUT2D eigenvalue weighted by molar-refractivity contribution is 5.60. The molecule has 0 saturated heterocycles. The van der Waals surface area contributed by atoms with Crippen LogP contribution in [0.5, 0.6) is 5.75 Å². The molecule has 2 aromatic heterocycles. The number of aromatic nitrogens is 3. The van der Waals surface area contributed by atoms with Gasteiger partial charge in [-0.1, -0.05) is 5.16 Å². The van der Waals surface area contributed by atoms with Crippen LogP contribution in [0.2, 0.25) is 0 Å². The van der Waals surface area contributed by atoms with E-state index in [4.69, 9.17) is 13.9 Å². The fourth-order valence-electron chi connectivity index (χ4n) is 2.15. The molecule has 0 unspecified atom stereocenters. The maximum Gasteiger partial charge on any atom is 0.439 e. The van der Waals surface area contributed by atoms with Crippen LogP contribution >= 0.6 is 0 Å². The van der Waals surface area contributed by atoms with Crippen LogP contribution in [0.25, 0.3) is 11.4 Å². The second-order valence-electron chi connectivity index (χ2n) is 4.86. The van der Waals surface area contributed by atoms with E-state index in [0.717, 1.165) is 11.1 Å². The number of nitrogens with zero attached hydrogens (tertiary/aromatic N) is 2. The summed E-state index contributed by atoms with van der Waals surface area (Å²) < 4.78 is 20.5. The fraction of sp³-hybridized carbons (Fsp3) is 0.267. The molecule has 2 heterocycles. The van der Waals surface area contributed by atoms with Crippen molar-refractivity contribution in [1.82, 2.24) is 15.1 Å². The topological polar surface area (TPSA) is 103 Å². The largest absolute Gasteiger partial charge is 0.487 e. The van der Waals surface area contributed by atoms with Gasteiger partial charge in [0.15, 0.2) is 18.0 Å². The highest BCUT2D eigenvalue weighted by atomic mass is 16.5. The van der Waals surface area contributed by atoms with E-state index in [0.29, 0.717) is 29.6 Å². The molecular formula is C15H15N3O5. The van der Waals surface area contributed by atoms with E-state index < -0.39 is 5.76 Å². The zero-order valence-corrected chi connectivity index (χ0v) is 12.7. The molecule has 1 aromatic carbocycles. The second-order valence-corrected chi connectivity index (χ2v) is 4.86. The molecule has 120 valence electrons. The van der Waals surface area contributed by atoms with Gasteiger partial charge >= 0.3 is 5.76 Å². The third-order valence-electron chi connectivity index (χ3n) is 3.27. The first-order chi connectivity index (χ1) is 11.2. The molecule has 1 N–H and O–H groups in total. The Bertz CT molecular complexity index is 849. The molecule has 0 radical (unpaired) electrons. The number of aromatic amines is 1. The minimum absolute atomic E-state index is 0.273. The molecule has 0 aliphatic rings. The molecule has 3 rings (SSSR count). The molecule has 0 aliphatic heterocycles. The van der Waals surface area contributed by atoms with Gasteiger partial charge in [-0.05, 0) is 30.7 Å². The zero-order valence-electron chi connectivity index (χ0n) is 12.7. The van der Waals surface area contributed by atoms with Gasteiger partial charge in [-0.25, -0.2) is 9.78 Å². The summed E-state index contributed by atoms with van der Waals surface area (Å²) >= 11 is 0. The van der Waals surface area contributed by atoms with E-state index >= 15 is 0 Å². The molecule has 0 fully saturated rings. The van der Waals surface area contributed by atoms with Crippen molar-refractivity contribution in [2.75, 3.05) is 7.11 Å². The molecule has 3 aromatic rings. The van der Waals surface area contributed by atoms with Crippen molar-refractivity contribution in [3.8, 4) is 17.1 Å². The molecular weight excluding hydrogens is 302 g/mol. The van der Waals surface area contributed by atoms with Gasteiger partial charge in [-0.3, -0.25) is 9.51 Å². The van der Waals surface area contributed by atoms with Crippen molar-refractivity contribution in [3.05, 3.63) is 52.2 Å². The van der Waals surface area contributed by atoms with Crippen molar-refractivity contribution in [2.24, 2.45) is 0 Å². The predicted molar refractivity (Wildman–Crippen MR) is 78.8 cm³/mol. The van der Waals surface area contributed by atoms with Gasteiger partial charge in [0.25, 0.3) is 0 Å². The third-order valence-corrected chi connectivity index (χ3v) is 3.27. The maximum absolute atomic E-state index is 11.0. The Morgan fingerprint density at radius 2 is 2.17 bits per heavy atom. The number of methoxy groups -OCH3 is 1. The summed E-state index contributed by atoms with van der Waals surface area (Å²) in [7, 11) is 1.59. The Labute approximate surface area is 131 Å². The standard InChI is InChI=1S/C15H15N3O5/c1-9-5-10(3-4-11(9)14-17-15(19)23-18-14)21-6-12-13(7-20-2)22-8-16-12/h3-5,8H,6-7H2,1-2H3,(H,17,18,19). The molecule has 0 bridgehead atoms. The van der Waals surface area contributed by atoms with E-state index in [2.05, 4.69) is 19.6 Å². The minimum atomic E-state index is -0.587. The summed E-state index contributed by atoms with van der Waals surface area (Å²) in [5.74, 6) is 1.11. The number of aryl methyl sites for hydroxylation is 1. The van der Waals surface area contributed by atoms with Crippen LogP contribution in [0.3, 0.4) is 0 Å². The van der Waals surface area contributed by atoms with Crippen LogP contribution in [0.15, 0.2) is 38.3 Å². The van der Waals surface area contributed by atoms with Gasteiger partial charge in [-0.15, -0.1) is 0 Å². The van der Waals surface area contributed by atoms with Crippen molar-refractivity contribution in [1.29, 1.82) is 0 Å². The van der Waals surface area contributed by atoms with E-state index in [1.807, 2.05) is 13.0 Å². The molecule has 0 amide bonds. The zero-order chi connectivity index (χ0) is 16.2. The Morgan fingerprint density at radius 1 is 1.30 bits per heavy atom. The summed E-state index contributed by atoms with van der Waals surface area (Å²) in [4.78, 5) is 17.6. The Balaban J connectivity index is 1.73. The number of nitrogens with one attached hydrogen (secondary N) is 1. The first-order valence-corrected chi connectivity index (χ1v) is 6.87. The molecule has 0 spiro atoms. The van der Waals surface area contributed by atoms with Gasteiger partial charge in [0, 0.05) is 12.7 Å². The number of hydrogen-bond donors (Lipinski definition) is 1. The fourth-order valence-corrected chi connectivity index (χ4v) is 2.15. The van der Waals surface area contributed by atoms with Crippen molar-refractivity contribution < 1.29 is 18.4 Å². The highest BCUT2D eigenvalue weighted by Gasteiger charge is 2.11. The van der Waals surface area contributed by atoms with Gasteiger partial charge in [0.2, 0.25) is 0 Å². The normalized spacial score (nSPS) is 10.9. The summed E-state index contributed by atoms with van der Waals surface area (Å²) in [6.07, 6.45) is 1.36. The van der Waals surface area contributed by atoms with E-state index in [1.165, 1.54) is 6.39 Å². The van der Waals surface area contributed by atoms with Gasteiger partial charge in [-0.2, -0.15) is 0 Å².